The number of benzene rings is 1. The first-order valence-electron chi connectivity index (χ1n) is 6.17. The quantitative estimate of drug-likeness (QED) is 0.892. The molecule has 2 rings (SSSR count). The Hall–Kier alpha value is -2.25. The van der Waals surface area contributed by atoms with Gasteiger partial charge in [-0.25, -0.2) is 13.6 Å². The van der Waals surface area contributed by atoms with Crippen LogP contribution >= 0.6 is 0 Å². The summed E-state index contributed by atoms with van der Waals surface area (Å²) in [7, 11) is -3.56. The summed E-state index contributed by atoms with van der Waals surface area (Å²) >= 11 is 0. The van der Waals surface area contributed by atoms with E-state index < -0.39 is 10.0 Å². The van der Waals surface area contributed by atoms with Crippen LogP contribution in [-0.4, -0.2) is 19.3 Å². The number of primary sulfonamides is 1. The standard InChI is InChI=1S/C14H15N3O3S/c1-10-8-12(6-7-16-10)14(18)17-13-4-2-11(3-5-13)9-21(15,19)20/h2-8H,9H2,1H3,(H,17,18)(H2,15,19,20). The Balaban J connectivity index is 2.08. The van der Waals surface area contributed by atoms with Gasteiger partial charge in [0.1, 0.15) is 0 Å². The Morgan fingerprint density at radius 1 is 1.24 bits per heavy atom. The van der Waals surface area contributed by atoms with Crippen molar-refractivity contribution in [2.24, 2.45) is 5.14 Å². The zero-order valence-corrected chi connectivity index (χ0v) is 12.2. The van der Waals surface area contributed by atoms with Crippen molar-refractivity contribution in [1.29, 1.82) is 0 Å². The van der Waals surface area contributed by atoms with Crippen LogP contribution in [-0.2, 0) is 15.8 Å². The van der Waals surface area contributed by atoms with Gasteiger partial charge in [0, 0.05) is 23.1 Å². The first kappa shape index (κ1) is 15.1. The SMILES string of the molecule is Cc1cc(C(=O)Nc2ccc(CS(N)(=O)=O)cc2)ccn1. The van der Waals surface area contributed by atoms with Crippen LogP contribution in [0.2, 0.25) is 0 Å². The van der Waals surface area contributed by atoms with Crippen molar-refractivity contribution < 1.29 is 13.2 Å². The van der Waals surface area contributed by atoms with Crippen LogP contribution in [0.1, 0.15) is 21.6 Å². The smallest absolute Gasteiger partial charge is 0.255 e. The molecule has 0 aliphatic heterocycles. The number of nitrogens with two attached hydrogens (primary N) is 1. The maximum absolute atomic E-state index is 12.0. The van der Waals surface area contributed by atoms with Gasteiger partial charge in [0.15, 0.2) is 0 Å². The van der Waals surface area contributed by atoms with Crippen molar-refractivity contribution in [3.63, 3.8) is 0 Å². The van der Waals surface area contributed by atoms with Crippen molar-refractivity contribution in [1.82, 2.24) is 4.98 Å². The molecule has 0 atom stereocenters. The minimum Gasteiger partial charge on any atom is -0.322 e. The number of aromatic nitrogens is 1. The minimum atomic E-state index is -3.56. The van der Waals surface area contributed by atoms with Crippen molar-refractivity contribution in [2.45, 2.75) is 12.7 Å². The van der Waals surface area contributed by atoms with Crippen LogP contribution in [0.25, 0.3) is 0 Å². The van der Waals surface area contributed by atoms with Gasteiger partial charge in [-0.05, 0) is 36.8 Å². The number of aryl methyl sites for hydroxylation is 1. The van der Waals surface area contributed by atoms with Gasteiger partial charge in [-0.2, -0.15) is 0 Å². The summed E-state index contributed by atoms with van der Waals surface area (Å²) in [6.07, 6.45) is 1.57. The highest BCUT2D eigenvalue weighted by Gasteiger charge is 2.08. The third kappa shape index (κ3) is 4.66. The molecule has 7 heteroatoms. The van der Waals surface area contributed by atoms with E-state index in [0.29, 0.717) is 16.8 Å². The van der Waals surface area contributed by atoms with Crippen LogP contribution in [0.5, 0.6) is 0 Å². The molecule has 3 N–H and O–H groups in total. The molecule has 2 aromatic rings. The third-order valence-corrected chi connectivity index (χ3v) is 3.47. The fraction of sp³-hybridized carbons (Fsp3) is 0.143. The van der Waals surface area contributed by atoms with Crippen LogP contribution in [0.3, 0.4) is 0 Å². The molecule has 1 heterocycles. The number of nitrogens with one attached hydrogen (secondary N) is 1. The summed E-state index contributed by atoms with van der Waals surface area (Å²) < 4.78 is 22.0. The molecule has 0 radical (unpaired) electrons. The number of hydrogen-bond acceptors (Lipinski definition) is 4. The van der Waals surface area contributed by atoms with Crippen molar-refractivity contribution in [3.05, 3.63) is 59.4 Å². The molecule has 6 nitrogen and oxygen atoms in total. The molecule has 0 saturated carbocycles. The largest absolute Gasteiger partial charge is 0.322 e. The van der Waals surface area contributed by atoms with Crippen LogP contribution in [0.15, 0.2) is 42.6 Å². The summed E-state index contributed by atoms with van der Waals surface area (Å²) in [5.41, 5.74) is 2.41. The number of hydrogen-bond donors (Lipinski definition) is 2. The van der Waals surface area contributed by atoms with E-state index in [-0.39, 0.29) is 11.7 Å². The van der Waals surface area contributed by atoms with Gasteiger partial charge in [0.2, 0.25) is 10.0 Å². The van der Waals surface area contributed by atoms with Gasteiger partial charge in [-0.3, -0.25) is 9.78 Å². The molecular weight excluding hydrogens is 290 g/mol. The molecule has 21 heavy (non-hydrogen) atoms. The van der Waals surface area contributed by atoms with Crippen LogP contribution in [0, 0.1) is 6.92 Å². The average Bonchev–Trinajstić information content (AvgIpc) is 2.39. The second-order valence-corrected chi connectivity index (χ2v) is 6.26. The number of rotatable bonds is 4. The Morgan fingerprint density at radius 3 is 2.48 bits per heavy atom. The maximum Gasteiger partial charge on any atom is 0.255 e. The lowest BCUT2D eigenvalue weighted by molar-refractivity contribution is 0.102. The van der Waals surface area contributed by atoms with E-state index >= 15 is 0 Å². The van der Waals surface area contributed by atoms with Gasteiger partial charge >= 0.3 is 0 Å². The molecule has 1 aromatic carbocycles. The van der Waals surface area contributed by atoms with Crippen molar-refractivity contribution >= 4 is 21.6 Å². The lowest BCUT2D eigenvalue weighted by Crippen LogP contribution is -2.15. The van der Waals surface area contributed by atoms with Crippen LogP contribution in [0.4, 0.5) is 5.69 Å². The summed E-state index contributed by atoms with van der Waals surface area (Å²) in [6, 6.07) is 9.79. The van der Waals surface area contributed by atoms with Crippen LogP contribution < -0.4 is 10.5 Å². The maximum atomic E-state index is 12.0. The number of nitrogens with zero attached hydrogens (tertiary/aromatic N) is 1. The topological polar surface area (TPSA) is 102 Å². The molecule has 0 unspecified atom stereocenters. The van der Waals surface area contributed by atoms with E-state index in [1.165, 1.54) is 0 Å². The first-order valence-corrected chi connectivity index (χ1v) is 7.88. The number of carbonyl (C=O) groups is 1. The van der Waals surface area contributed by atoms with Gasteiger partial charge in [0.25, 0.3) is 5.91 Å². The molecule has 0 aliphatic rings. The summed E-state index contributed by atoms with van der Waals surface area (Å²) in [5, 5.41) is 7.70. The summed E-state index contributed by atoms with van der Waals surface area (Å²) in [4.78, 5) is 16.1. The monoisotopic (exact) mass is 305 g/mol. The van der Waals surface area contributed by atoms with Crippen molar-refractivity contribution in [2.75, 3.05) is 5.32 Å². The molecule has 1 amide bonds. The number of sulfonamides is 1. The Labute approximate surface area is 123 Å². The highest BCUT2D eigenvalue weighted by atomic mass is 32.2. The van der Waals surface area contributed by atoms with Gasteiger partial charge in [0.05, 0.1) is 5.75 Å². The molecule has 0 bridgehead atoms. The number of pyridine rings is 1. The normalized spacial score (nSPS) is 11.1. The van der Waals surface area contributed by atoms with Crippen molar-refractivity contribution in [3.8, 4) is 0 Å². The molecule has 110 valence electrons. The van der Waals surface area contributed by atoms with E-state index in [2.05, 4.69) is 10.3 Å². The molecule has 0 saturated heterocycles. The molecule has 0 spiro atoms. The molecule has 1 aromatic heterocycles. The lowest BCUT2D eigenvalue weighted by Gasteiger charge is -2.06. The van der Waals surface area contributed by atoms with Gasteiger partial charge < -0.3 is 5.32 Å². The fourth-order valence-electron chi connectivity index (χ4n) is 1.81. The lowest BCUT2D eigenvalue weighted by atomic mass is 10.2. The number of anilines is 1. The Morgan fingerprint density at radius 2 is 1.90 bits per heavy atom. The van der Waals surface area contributed by atoms with Gasteiger partial charge in [-0.1, -0.05) is 12.1 Å². The first-order chi connectivity index (χ1) is 9.83. The molecule has 0 fully saturated rings. The van der Waals surface area contributed by atoms with E-state index in [1.807, 2.05) is 0 Å². The molecule has 0 aliphatic carbocycles. The Kier molecular flexibility index (Phi) is 4.35. The summed E-state index contributed by atoms with van der Waals surface area (Å²) in [6.45, 7) is 1.80. The zero-order chi connectivity index (χ0) is 15.5. The Bertz CT molecular complexity index is 755. The van der Waals surface area contributed by atoms with E-state index in [9.17, 15) is 13.2 Å². The second-order valence-electron chi connectivity index (χ2n) is 4.64. The second kappa shape index (κ2) is 6.02. The number of amides is 1. The van der Waals surface area contributed by atoms with E-state index in [0.717, 1.165) is 5.69 Å². The average molecular weight is 305 g/mol. The van der Waals surface area contributed by atoms with Gasteiger partial charge in [-0.15, -0.1) is 0 Å². The predicted octanol–water partition coefficient (Wildman–Crippen LogP) is 1.43. The highest BCUT2D eigenvalue weighted by Crippen LogP contribution is 2.13. The zero-order valence-electron chi connectivity index (χ0n) is 11.4. The van der Waals surface area contributed by atoms with E-state index in [1.54, 1.807) is 49.5 Å². The third-order valence-electron chi connectivity index (χ3n) is 2.74. The van der Waals surface area contributed by atoms with E-state index in [4.69, 9.17) is 5.14 Å². The summed E-state index contributed by atoms with van der Waals surface area (Å²) in [5.74, 6) is -0.482. The number of carbonyl (C=O) groups excluding carboxylic acids is 1. The molecular formula is C14H15N3O3S. The highest BCUT2D eigenvalue weighted by molar-refractivity contribution is 7.88. The fourth-order valence-corrected chi connectivity index (χ4v) is 2.46. The minimum absolute atomic E-state index is 0.231. The predicted molar refractivity (Wildman–Crippen MR) is 80.2 cm³/mol.